The zero-order chi connectivity index (χ0) is 15.1. The third-order valence-electron chi connectivity index (χ3n) is 3.90. The second-order valence-electron chi connectivity index (χ2n) is 5.53. The van der Waals surface area contributed by atoms with E-state index in [0.29, 0.717) is 24.6 Å². The number of carbonyl (C=O) groups is 2. The fourth-order valence-corrected chi connectivity index (χ4v) is 4.32. The predicted octanol–water partition coefficient (Wildman–Crippen LogP) is 1.24. The largest absolute Gasteiger partial charge is 0.356 e. The Labute approximate surface area is 130 Å². The van der Waals surface area contributed by atoms with Gasteiger partial charge in [0.15, 0.2) is 0 Å². The second-order valence-corrected chi connectivity index (χ2v) is 6.80. The number of amides is 3. The highest BCUT2D eigenvalue weighted by molar-refractivity contribution is 8.00. The van der Waals surface area contributed by atoms with Gasteiger partial charge >= 0.3 is 6.03 Å². The summed E-state index contributed by atoms with van der Waals surface area (Å²) in [5.74, 6) is 3.66. The molecule has 0 bridgehead atoms. The second kappa shape index (κ2) is 8.18. The molecule has 3 atom stereocenters. The summed E-state index contributed by atoms with van der Waals surface area (Å²) >= 11 is 1.92. The highest BCUT2D eigenvalue weighted by Crippen LogP contribution is 2.33. The maximum absolute atomic E-state index is 11.6. The fourth-order valence-electron chi connectivity index (χ4n) is 2.78. The lowest BCUT2D eigenvalue weighted by Gasteiger charge is -2.16. The van der Waals surface area contributed by atoms with Gasteiger partial charge in [0, 0.05) is 30.4 Å². The Hall–Kier alpha value is -1.35. The highest BCUT2D eigenvalue weighted by atomic mass is 32.2. The van der Waals surface area contributed by atoms with E-state index in [0.717, 1.165) is 31.4 Å². The molecule has 0 unspecified atom stereocenters. The molecule has 0 aromatic rings. The number of carbonyl (C=O) groups excluding carboxylic acids is 2. The molecule has 3 amide bonds. The Morgan fingerprint density at radius 3 is 3.05 bits per heavy atom. The van der Waals surface area contributed by atoms with Gasteiger partial charge in [0.2, 0.25) is 5.91 Å². The molecule has 2 heterocycles. The van der Waals surface area contributed by atoms with Crippen molar-refractivity contribution in [3.8, 4) is 12.3 Å². The number of terminal acetylenes is 1. The lowest BCUT2D eigenvalue weighted by Crippen LogP contribution is -2.36. The van der Waals surface area contributed by atoms with Crippen molar-refractivity contribution in [3.05, 3.63) is 0 Å². The van der Waals surface area contributed by atoms with Crippen molar-refractivity contribution >= 4 is 23.7 Å². The number of thioether (sulfide) groups is 1. The molecule has 116 valence electrons. The number of rotatable bonds is 8. The SMILES string of the molecule is C#CCCCNC(=O)CCCC[C@@H]1SC[C@@H]2NC(=O)N[C@@H]21. The number of unbranched alkanes of at least 4 members (excludes halogenated alkanes) is 2. The van der Waals surface area contributed by atoms with E-state index in [4.69, 9.17) is 6.42 Å². The Morgan fingerprint density at radius 1 is 1.38 bits per heavy atom. The molecule has 6 heteroatoms. The smallest absolute Gasteiger partial charge is 0.315 e. The molecule has 21 heavy (non-hydrogen) atoms. The van der Waals surface area contributed by atoms with Gasteiger partial charge in [-0.1, -0.05) is 6.42 Å². The molecule has 2 rings (SSSR count). The summed E-state index contributed by atoms with van der Waals surface area (Å²) in [7, 11) is 0. The summed E-state index contributed by atoms with van der Waals surface area (Å²) < 4.78 is 0. The van der Waals surface area contributed by atoms with Crippen LogP contribution in [0.15, 0.2) is 0 Å². The van der Waals surface area contributed by atoms with Crippen LogP contribution >= 0.6 is 11.8 Å². The molecule has 0 saturated carbocycles. The Morgan fingerprint density at radius 2 is 2.24 bits per heavy atom. The Bertz CT molecular complexity index is 422. The van der Waals surface area contributed by atoms with Gasteiger partial charge in [-0.25, -0.2) is 4.79 Å². The monoisotopic (exact) mass is 309 g/mol. The van der Waals surface area contributed by atoms with Crippen LogP contribution in [0.25, 0.3) is 0 Å². The normalized spacial score (nSPS) is 26.6. The third kappa shape index (κ3) is 4.85. The minimum absolute atomic E-state index is 0.0401. The standard InChI is InChI=1S/C15H23N3O2S/c1-2-3-6-9-16-13(19)8-5-4-7-12-14-11(10-21-12)17-15(20)18-14/h1,11-12,14H,3-10H2,(H,16,19)(H2,17,18,20)/t11-,12-,14-/m0/s1. The first-order valence-corrected chi connectivity index (χ1v) is 8.64. The van der Waals surface area contributed by atoms with E-state index >= 15 is 0 Å². The van der Waals surface area contributed by atoms with Gasteiger partial charge in [-0.3, -0.25) is 4.79 Å². The molecule has 3 N–H and O–H groups in total. The quantitative estimate of drug-likeness (QED) is 0.359. The van der Waals surface area contributed by atoms with E-state index in [1.807, 2.05) is 11.8 Å². The van der Waals surface area contributed by atoms with E-state index in [1.165, 1.54) is 0 Å². The van der Waals surface area contributed by atoms with Gasteiger partial charge in [0.05, 0.1) is 12.1 Å². The molecule has 2 aliphatic heterocycles. The minimum Gasteiger partial charge on any atom is -0.356 e. The minimum atomic E-state index is -0.0401. The van der Waals surface area contributed by atoms with E-state index in [9.17, 15) is 9.59 Å². The molecular weight excluding hydrogens is 286 g/mol. The third-order valence-corrected chi connectivity index (χ3v) is 5.41. The van der Waals surface area contributed by atoms with Crippen LogP contribution in [0.5, 0.6) is 0 Å². The van der Waals surface area contributed by atoms with Gasteiger partial charge < -0.3 is 16.0 Å². The predicted molar refractivity (Wildman–Crippen MR) is 85.0 cm³/mol. The summed E-state index contributed by atoms with van der Waals surface area (Å²) in [6.07, 6.45) is 10.3. The van der Waals surface area contributed by atoms with Crippen molar-refractivity contribution in [2.45, 2.75) is 55.9 Å². The van der Waals surface area contributed by atoms with Gasteiger partial charge in [0.1, 0.15) is 0 Å². The molecule has 0 aromatic carbocycles. The van der Waals surface area contributed by atoms with Gasteiger partial charge in [-0.15, -0.1) is 12.3 Å². The summed E-state index contributed by atoms with van der Waals surface area (Å²) in [5, 5.41) is 9.29. The van der Waals surface area contributed by atoms with E-state index in [1.54, 1.807) is 0 Å². The molecule has 2 saturated heterocycles. The van der Waals surface area contributed by atoms with Crippen LogP contribution in [-0.4, -0.2) is 41.6 Å². The summed E-state index contributed by atoms with van der Waals surface area (Å²) in [5.41, 5.74) is 0. The molecule has 0 aromatic heterocycles. The fraction of sp³-hybridized carbons (Fsp3) is 0.733. The Kier molecular flexibility index (Phi) is 6.24. The Balaban J connectivity index is 1.53. The van der Waals surface area contributed by atoms with Gasteiger partial charge in [-0.05, 0) is 19.3 Å². The van der Waals surface area contributed by atoms with Crippen LogP contribution in [0.1, 0.15) is 38.5 Å². The van der Waals surface area contributed by atoms with E-state index in [-0.39, 0.29) is 24.0 Å². The molecule has 0 aliphatic carbocycles. The van der Waals surface area contributed by atoms with Crippen molar-refractivity contribution in [2.75, 3.05) is 12.3 Å². The van der Waals surface area contributed by atoms with E-state index in [2.05, 4.69) is 21.9 Å². The van der Waals surface area contributed by atoms with Gasteiger partial charge in [0.25, 0.3) is 0 Å². The first-order chi connectivity index (χ1) is 10.2. The van der Waals surface area contributed by atoms with Crippen molar-refractivity contribution < 1.29 is 9.59 Å². The summed E-state index contributed by atoms with van der Waals surface area (Å²) in [4.78, 5) is 22.9. The first kappa shape index (κ1) is 16.0. The van der Waals surface area contributed by atoms with Crippen molar-refractivity contribution in [2.24, 2.45) is 0 Å². The molecule has 0 radical (unpaired) electrons. The van der Waals surface area contributed by atoms with Crippen LogP contribution in [0.3, 0.4) is 0 Å². The van der Waals surface area contributed by atoms with Crippen LogP contribution in [0, 0.1) is 12.3 Å². The molecule has 2 aliphatic rings. The lowest BCUT2D eigenvalue weighted by atomic mass is 10.0. The van der Waals surface area contributed by atoms with Crippen molar-refractivity contribution in [3.63, 3.8) is 0 Å². The summed E-state index contributed by atoms with van der Waals surface area (Å²) in [6.45, 7) is 0.670. The van der Waals surface area contributed by atoms with Crippen molar-refractivity contribution in [1.82, 2.24) is 16.0 Å². The number of fused-ring (bicyclic) bond motifs is 1. The number of hydrogen-bond donors (Lipinski definition) is 3. The van der Waals surface area contributed by atoms with Gasteiger partial charge in [-0.2, -0.15) is 11.8 Å². The average Bonchev–Trinajstić information content (AvgIpc) is 2.99. The maximum Gasteiger partial charge on any atom is 0.315 e. The maximum atomic E-state index is 11.6. The molecule has 0 spiro atoms. The zero-order valence-corrected chi connectivity index (χ0v) is 13.0. The van der Waals surface area contributed by atoms with Crippen LogP contribution in [0.2, 0.25) is 0 Å². The topological polar surface area (TPSA) is 70.2 Å². The molecular formula is C15H23N3O2S. The highest BCUT2D eigenvalue weighted by Gasteiger charge is 2.42. The van der Waals surface area contributed by atoms with Crippen LogP contribution < -0.4 is 16.0 Å². The number of urea groups is 1. The number of nitrogens with one attached hydrogen (secondary N) is 3. The lowest BCUT2D eigenvalue weighted by molar-refractivity contribution is -0.121. The zero-order valence-electron chi connectivity index (χ0n) is 12.2. The average molecular weight is 309 g/mol. The molecule has 2 fully saturated rings. The van der Waals surface area contributed by atoms with Crippen LogP contribution in [-0.2, 0) is 4.79 Å². The molecule has 5 nitrogen and oxygen atoms in total. The first-order valence-electron chi connectivity index (χ1n) is 7.59. The van der Waals surface area contributed by atoms with Crippen LogP contribution in [0.4, 0.5) is 4.79 Å². The number of hydrogen-bond acceptors (Lipinski definition) is 3. The van der Waals surface area contributed by atoms with Crippen molar-refractivity contribution in [1.29, 1.82) is 0 Å². The summed E-state index contributed by atoms with van der Waals surface area (Å²) in [6, 6.07) is 0.508. The van der Waals surface area contributed by atoms with E-state index < -0.39 is 0 Å².